The first-order chi connectivity index (χ1) is 8.66. The lowest BCUT2D eigenvalue weighted by Crippen LogP contribution is -2.56. The maximum atomic E-state index is 14.1. The van der Waals surface area contributed by atoms with E-state index in [1.54, 1.807) is 6.08 Å². The number of hydrogen-bond donors (Lipinski definition) is 1. The zero-order chi connectivity index (χ0) is 12.7. The Bertz CT molecular complexity index is 432. The summed E-state index contributed by atoms with van der Waals surface area (Å²) in [7, 11) is 0. The van der Waals surface area contributed by atoms with E-state index in [-0.39, 0.29) is 24.3 Å². The Kier molecular flexibility index (Phi) is 2.86. The third kappa shape index (κ3) is 1.82. The molecule has 0 radical (unpaired) electrons. The van der Waals surface area contributed by atoms with Gasteiger partial charge in [0.15, 0.2) is 0 Å². The Morgan fingerprint density at radius 2 is 2.39 bits per heavy atom. The van der Waals surface area contributed by atoms with E-state index in [9.17, 15) is 9.18 Å². The minimum Gasteiger partial charge on any atom is -0.369 e. The normalized spacial score (nSPS) is 31.5. The molecule has 0 aromatic carbocycles. The minimum atomic E-state index is -0.337. The number of nitrogens with two attached hydrogens (primary N) is 1. The minimum absolute atomic E-state index is 0.0168. The summed E-state index contributed by atoms with van der Waals surface area (Å²) in [5.41, 5.74) is 6.07. The van der Waals surface area contributed by atoms with Crippen LogP contribution in [-0.4, -0.2) is 47.4 Å². The smallest absolute Gasteiger partial charge is 0.231 e. The second kappa shape index (κ2) is 4.39. The first-order valence-electron chi connectivity index (χ1n) is 6.52. The molecule has 3 rings (SSSR count). The predicted molar refractivity (Wildman–Crippen MR) is 66.2 cm³/mol. The molecule has 4 nitrogen and oxygen atoms in total. The Morgan fingerprint density at radius 1 is 1.56 bits per heavy atom. The molecule has 2 fully saturated rings. The van der Waals surface area contributed by atoms with Gasteiger partial charge in [-0.05, 0) is 25.3 Å². The third-order valence-electron chi connectivity index (χ3n) is 4.12. The highest BCUT2D eigenvalue weighted by atomic mass is 19.1. The van der Waals surface area contributed by atoms with Gasteiger partial charge in [0, 0.05) is 19.1 Å². The molecule has 2 atom stereocenters. The first-order valence-corrected chi connectivity index (χ1v) is 6.52. The van der Waals surface area contributed by atoms with E-state index in [1.807, 2.05) is 11.0 Å². The number of piperazine rings is 1. The zero-order valence-corrected chi connectivity index (χ0v) is 10.3. The molecule has 1 aliphatic carbocycles. The number of rotatable bonds is 2. The van der Waals surface area contributed by atoms with Gasteiger partial charge >= 0.3 is 0 Å². The topological polar surface area (TPSA) is 49.6 Å². The summed E-state index contributed by atoms with van der Waals surface area (Å²) in [6, 6.07) is 0.324. The van der Waals surface area contributed by atoms with Crippen molar-refractivity contribution in [2.24, 2.45) is 5.73 Å². The summed E-state index contributed by atoms with van der Waals surface area (Å²) in [5.74, 6) is -0.483. The summed E-state index contributed by atoms with van der Waals surface area (Å²) in [5, 5.41) is 0. The third-order valence-corrected chi connectivity index (χ3v) is 4.12. The fourth-order valence-corrected chi connectivity index (χ4v) is 3.42. The summed E-state index contributed by atoms with van der Waals surface area (Å²) in [6.07, 6.45) is 6.33. The number of nitrogens with zero attached hydrogens (tertiary/aromatic N) is 2. The predicted octanol–water partition coefficient (Wildman–Crippen LogP) is 0.761. The van der Waals surface area contributed by atoms with Crippen LogP contribution in [0.15, 0.2) is 23.7 Å². The molecule has 0 bridgehead atoms. The molecule has 0 aromatic heterocycles. The van der Waals surface area contributed by atoms with E-state index in [1.165, 1.54) is 0 Å². The first kappa shape index (κ1) is 11.7. The quantitative estimate of drug-likeness (QED) is 0.788. The highest BCUT2D eigenvalue weighted by Gasteiger charge is 2.41. The standard InChI is InChI=1S/C13H18FN3O/c14-10-4-1-5-11-13(10)17-6-2-3-9(17)7-16(11)8-12(15)18/h1,4,9,11H,2-3,5-8H2,(H2,15,18). The molecule has 0 spiro atoms. The van der Waals surface area contributed by atoms with E-state index < -0.39 is 0 Å². The van der Waals surface area contributed by atoms with E-state index in [0.717, 1.165) is 38.0 Å². The summed E-state index contributed by atoms with van der Waals surface area (Å²) < 4.78 is 14.1. The van der Waals surface area contributed by atoms with Gasteiger partial charge in [0.1, 0.15) is 5.83 Å². The van der Waals surface area contributed by atoms with Gasteiger partial charge in [-0.25, -0.2) is 4.39 Å². The molecule has 2 aliphatic heterocycles. The highest BCUT2D eigenvalue weighted by molar-refractivity contribution is 5.76. The van der Waals surface area contributed by atoms with Gasteiger partial charge in [-0.3, -0.25) is 9.69 Å². The number of carbonyl (C=O) groups excluding carboxylic acids is 1. The molecule has 1 amide bonds. The molecule has 0 saturated carbocycles. The lowest BCUT2D eigenvalue weighted by molar-refractivity contribution is -0.120. The number of primary amides is 1. The monoisotopic (exact) mass is 251 g/mol. The van der Waals surface area contributed by atoms with E-state index in [2.05, 4.69) is 4.90 Å². The van der Waals surface area contributed by atoms with Crippen LogP contribution < -0.4 is 5.73 Å². The van der Waals surface area contributed by atoms with Gasteiger partial charge in [-0.1, -0.05) is 6.08 Å². The molecule has 5 heteroatoms. The second-order valence-corrected chi connectivity index (χ2v) is 5.27. The van der Waals surface area contributed by atoms with E-state index in [0.29, 0.717) is 6.04 Å². The fraction of sp³-hybridized carbons (Fsp3) is 0.615. The van der Waals surface area contributed by atoms with Crippen LogP contribution in [0.5, 0.6) is 0 Å². The largest absolute Gasteiger partial charge is 0.369 e. The van der Waals surface area contributed by atoms with Gasteiger partial charge in [0.05, 0.1) is 18.3 Å². The fourth-order valence-electron chi connectivity index (χ4n) is 3.42. The number of amides is 1. The van der Waals surface area contributed by atoms with Crippen molar-refractivity contribution in [2.75, 3.05) is 19.6 Å². The van der Waals surface area contributed by atoms with Crippen molar-refractivity contribution >= 4 is 5.91 Å². The lowest BCUT2D eigenvalue weighted by Gasteiger charge is -2.46. The Hall–Kier alpha value is -1.36. The maximum Gasteiger partial charge on any atom is 0.231 e. The number of allylic oxidation sites excluding steroid dienone is 2. The van der Waals surface area contributed by atoms with Crippen molar-refractivity contribution in [3.05, 3.63) is 23.7 Å². The van der Waals surface area contributed by atoms with Crippen LogP contribution in [0.3, 0.4) is 0 Å². The van der Waals surface area contributed by atoms with E-state index in [4.69, 9.17) is 5.73 Å². The molecule has 18 heavy (non-hydrogen) atoms. The maximum absolute atomic E-state index is 14.1. The van der Waals surface area contributed by atoms with Crippen LogP contribution in [0.4, 0.5) is 4.39 Å². The molecular weight excluding hydrogens is 233 g/mol. The summed E-state index contributed by atoms with van der Waals surface area (Å²) >= 11 is 0. The number of carbonyl (C=O) groups is 1. The summed E-state index contributed by atoms with van der Waals surface area (Å²) in [4.78, 5) is 15.4. The Balaban J connectivity index is 1.93. The van der Waals surface area contributed by atoms with Crippen molar-refractivity contribution in [1.29, 1.82) is 0 Å². The van der Waals surface area contributed by atoms with Crippen LogP contribution in [0.25, 0.3) is 0 Å². The Labute approximate surface area is 106 Å². The zero-order valence-electron chi connectivity index (χ0n) is 10.3. The number of halogens is 1. The van der Waals surface area contributed by atoms with Crippen molar-refractivity contribution in [3.63, 3.8) is 0 Å². The van der Waals surface area contributed by atoms with Gasteiger partial charge in [-0.15, -0.1) is 0 Å². The second-order valence-electron chi connectivity index (χ2n) is 5.27. The van der Waals surface area contributed by atoms with Crippen molar-refractivity contribution in [1.82, 2.24) is 9.80 Å². The molecule has 3 aliphatic rings. The van der Waals surface area contributed by atoms with Crippen LogP contribution in [0.2, 0.25) is 0 Å². The van der Waals surface area contributed by atoms with Crippen LogP contribution in [0, 0.1) is 0 Å². The van der Waals surface area contributed by atoms with Crippen LogP contribution >= 0.6 is 0 Å². The van der Waals surface area contributed by atoms with Gasteiger partial charge in [0.2, 0.25) is 5.91 Å². The van der Waals surface area contributed by atoms with Crippen molar-refractivity contribution in [2.45, 2.75) is 31.3 Å². The summed E-state index contributed by atoms with van der Waals surface area (Å²) in [6.45, 7) is 1.97. The molecule has 2 N–H and O–H groups in total. The highest BCUT2D eigenvalue weighted by Crippen LogP contribution is 2.37. The SMILES string of the molecule is NC(=O)CN1CC2CCCN2C2=C(F)C=CCC21. The Morgan fingerprint density at radius 3 is 3.17 bits per heavy atom. The van der Waals surface area contributed by atoms with Crippen molar-refractivity contribution in [3.8, 4) is 0 Å². The number of fused-ring (bicyclic) bond motifs is 3. The van der Waals surface area contributed by atoms with E-state index >= 15 is 0 Å². The average Bonchev–Trinajstić information content (AvgIpc) is 2.76. The van der Waals surface area contributed by atoms with Crippen molar-refractivity contribution < 1.29 is 9.18 Å². The molecular formula is C13H18FN3O. The van der Waals surface area contributed by atoms with Crippen LogP contribution in [-0.2, 0) is 4.79 Å². The molecule has 2 heterocycles. The van der Waals surface area contributed by atoms with Gasteiger partial charge < -0.3 is 10.6 Å². The van der Waals surface area contributed by atoms with Gasteiger partial charge in [-0.2, -0.15) is 0 Å². The molecule has 0 aromatic rings. The van der Waals surface area contributed by atoms with Gasteiger partial charge in [0.25, 0.3) is 0 Å². The van der Waals surface area contributed by atoms with Crippen LogP contribution in [0.1, 0.15) is 19.3 Å². The lowest BCUT2D eigenvalue weighted by atomic mass is 9.96. The average molecular weight is 251 g/mol. The number of hydrogen-bond acceptors (Lipinski definition) is 3. The molecule has 2 unspecified atom stereocenters. The molecule has 98 valence electrons. The molecule has 2 saturated heterocycles.